The Morgan fingerprint density at radius 1 is 0.976 bits per heavy atom. The van der Waals surface area contributed by atoms with Crippen molar-refractivity contribution in [1.29, 1.82) is 0 Å². The Kier molecular flexibility index (Phi) is 6.51. The second-order valence-electron chi connectivity index (χ2n) is 12.0. The zero-order valence-electron chi connectivity index (χ0n) is 23.8. The summed E-state index contributed by atoms with van der Waals surface area (Å²) in [5, 5.41) is 10.4. The molecule has 1 saturated heterocycles. The molecule has 2 aromatic carbocycles. The van der Waals surface area contributed by atoms with Crippen molar-refractivity contribution >= 4 is 23.4 Å². The number of phenols is 1. The summed E-state index contributed by atoms with van der Waals surface area (Å²) in [4.78, 5) is 57.0. The van der Waals surface area contributed by atoms with Gasteiger partial charge >= 0.3 is 0 Å². The molecular formula is C34H35NO6. The Morgan fingerprint density at radius 2 is 1.71 bits per heavy atom. The summed E-state index contributed by atoms with van der Waals surface area (Å²) in [5.41, 5.74) is 2.42. The van der Waals surface area contributed by atoms with Crippen LogP contribution in [0.5, 0.6) is 11.5 Å². The van der Waals surface area contributed by atoms with Gasteiger partial charge in [-0.15, -0.1) is 0 Å². The molecule has 0 radical (unpaired) electrons. The molecule has 4 aliphatic rings. The number of carbonyl (C=O) groups excluding carboxylic acids is 4. The maximum atomic E-state index is 14.1. The topological polar surface area (TPSA) is 101 Å². The summed E-state index contributed by atoms with van der Waals surface area (Å²) < 4.78 is 5.69. The molecule has 1 heterocycles. The lowest BCUT2D eigenvalue weighted by molar-refractivity contribution is -0.143. The molecule has 41 heavy (non-hydrogen) atoms. The molecule has 0 spiro atoms. The van der Waals surface area contributed by atoms with Crippen molar-refractivity contribution in [2.75, 3.05) is 6.61 Å². The standard InChI is InChI=1S/C34H35NO6/c1-5-41-27-15-21(11-14-26(27)36)29-22-12-13-23-28(33(40)35(32(23)39)17-20-9-7-6-8-10-20)24(22)16-25-30(37)18(2)19(3)31(38)34(25,29)4/h6-12,14-15,23-25,28-29,36H,5,13,16-17H2,1-4H3/t23-,24+,25-,28-,29-,34+/m0/s1. The van der Waals surface area contributed by atoms with E-state index in [1.807, 2.05) is 50.3 Å². The first-order chi connectivity index (χ1) is 19.6. The number of ether oxygens (including phenoxy) is 1. The zero-order valence-corrected chi connectivity index (χ0v) is 23.8. The van der Waals surface area contributed by atoms with Crippen LogP contribution in [0.3, 0.4) is 0 Å². The number of aromatic hydroxyl groups is 1. The normalized spacial score (nSPS) is 31.1. The Bertz CT molecular complexity index is 1540. The highest BCUT2D eigenvalue weighted by Gasteiger charge is 2.63. The number of ketones is 2. The average Bonchev–Trinajstić information content (AvgIpc) is 3.21. The van der Waals surface area contributed by atoms with Crippen molar-refractivity contribution in [2.24, 2.45) is 29.1 Å². The fraction of sp³-hybridized carbons (Fsp3) is 0.412. The number of fused-ring (bicyclic) bond motifs is 4. The molecule has 7 nitrogen and oxygen atoms in total. The highest BCUT2D eigenvalue weighted by Crippen LogP contribution is 2.63. The van der Waals surface area contributed by atoms with E-state index in [1.165, 1.54) is 4.90 Å². The van der Waals surface area contributed by atoms with Crippen molar-refractivity contribution < 1.29 is 29.0 Å². The summed E-state index contributed by atoms with van der Waals surface area (Å²) in [6, 6.07) is 14.6. The first-order valence-electron chi connectivity index (χ1n) is 14.4. The Labute approximate surface area is 239 Å². The number of Topliss-reactive ketones (excluding diaryl/α,β-unsaturated/α-hetero) is 2. The molecule has 2 fully saturated rings. The van der Waals surface area contributed by atoms with Crippen LogP contribution >= 0.6 is 0 Å². The van der Waals surface area contributed by atoms with Gasteiger partial charge in [-0.2, -0.15) is 0 Å². The lowest BCUT2D eigenvalue weighted by atomic mass is 9.46. The number of hydrogen-bond acceptors (Lipinski definition) is 6. The van der Waals surface area contributed by atoms with Gasteiger partial charge in [0.1, 0.15) is 0 Å². The molecule has 1 saturated carbocycles. The smallest absolute Gasteiger partial charge is 0.234 e. The van der Waals surface area contributed by atoms with Crippen molar-refractivity contribution in [1.82, 2.24) is 4.90 Å². The van der Waals surface area contributed by atoms with Crippen molar-refractivity contribution in [3.8, 4) is 11.5 Å². The quantitative estimate of drug-likeness (QED) is 0.407. The highest BCUT2D eigenvalue weighted by atomic mass is 16.5. The van der Waals surface area contributed by atoms with Crippen LogP contribution in [0.1, 0.15) is 57.6 Å². The van der Waals surface area contributed by atoms with E-state index in [0.29, 0.717) is 36.3 Å². The Morgan fingerprint density at radius 3 is 2.41 bits per heavy atom. The van der Waals surface area contributed by atoms with Gasteiger partial charge in [0.25, 0.3) is 0 Å². The van der Waals surface area contributed by atoms with E-state index < -0.39 is 29.1 Å². The number of allylic oxidation sites excluding steroid dienone is 4. The predicted octanol–water partition coefficient (Wildman–Crippen LogP) is 5.14. The molecule has 7 heteroatoms. The van der Waals surface area contributed by atoms with Crippen molar-refractivity contribution in [2.45, 2.75) is 53.0 Å². The van der Waals surface area contributed by atoms with Gasteiger partial charge in [0.05, 0.1) is 30.4 Å². The monoisotopic (exact) mass is 553 g/mol. The van der Waals surface area contributed by atoms with Crippen LogP contribution in [0.25, 0.3) is 0 Å². The van der Waals surface area contributed by atoms with Crippen LogP contribution in [0, 0.1) is 29.1 Å². The number of phenolic OH excluding ortho intramolecular Hbond substituents is 1. The van der Waals surface area contributed by atoms with E-state index >= 15 is 0 Å². The second kappa shape index (κ2) is 9.82. The van der Waals surface area contributed by atoms with Crippen LogP contribution in [0.4, 0.5) is 0 Å². The van der Waals surface area contributed by atoms with E-state index in [2.05, 4.69) is 0 Å². The first kappa shape index (κ1) is 27.2. The van der Waals surface area contributed by atoms with E-state index in [0.717, 1.165) is 16.7 Å². The number of benzene rings is 2. The number of nitrogens with zero attached hydrogens (tertiary/aromatic N) is 1. The number of rotatable bonds is 5. The van der Waals surface area contributed by atoms with Gasteiger partial charge in [-0.3, -0.25) is 24.1 Å². The maximum Gasteiger partial charge on any atom is 0.234 e. The Balaban J connectivity index is 1.48. The SMILES string of the molecule is CCOc1cc([C@H]2C3=CC[C@@H]4C(=O)N(Cc5ccccc5)C(=O)[C@@H]4[C@@H]3C[C@H]3C(=O)C(C)=C(C)C(=O)[C@@]23C)ccc1O. The molecule has 0 aromatic heterocycles. The van der Waals surface area contributed by atoms with E-state index in [-0.39, 0.29) is 41.6 Å². The molecule has 1 aliphatic heterocycles. The summed E-state index contributed by atoms with van der Waals surface area (Å²) >= 11 is 0. The second-order valence-corrected chi connectivity index (χ2v) is 12.0. The third-order valence-electron chi connectivity index (χ3n) is 10.1. The minimum absolute atomic E-state index is 0.00607. The molecule has 2 amide bonds. The Hall–Kier alpha value is -4.00. The lowest BCUT2D eigenvalue weighted by Crippen LogP contribution is -2.55. The zero-order chi connectivity index (χ0) is 29.2. The third-order valence-corrected chi connectivity index (χ3v) is 10.1. The summed E-state index contributed by atoms with van der Waals surface area (Å²) in [7, 11) is 0. The van der Waals surface area contributed by atoms with Gasteiger partial charge in [0.15, 0.2) is 23.1 Å². The lowest BCUT2D eigenvalue weighted by Gasteiger charge is -2.54. The molecule has 212 valence electrons. The van der Waals surface area contributed by atoms with Crippen LogP contribution in [-0.4, -0.2) is 40.0 Å². The molecule has 0 unspecified atom stereocenters. The van der Waals surface area contributed by atoms with Gasteiger partial charge in [0, 0.05) is 11.8 Å². The molecular weight excluding hydrogens is 518 g/mol. The number of hydrogen-bond donors (Lipinski definition) is 1. The van der Waals surface area contributed by atoms with Crippen LogP contribution in [0.15, 0.2) is 71.3 Å². The van der Waals surface area contributed by atoms with Crippen LogP contribution in [0.2, 0.25) is 0 Å². The van der Waals surface area contributed by atoms with Crippen molar-refractivity contribution in [3.63, 3.8) is 0 Å². The van der Waals surface area contributed by atoms with Gasteiger partial charge < -0.3 is 9.84 Å². The molecule has 2 aromatic rings. The molecule has 1 N–H and O–H groups in total. The van der Waals surface area contributed by atoms with Crippen LogP contribution in [-0.2, 0) is 25.7 Å². The fourth-order valence-corrected chi connectivity index (χ4v) is 7.93. The molecule has 3 aliphatic carbocycles. The highest BCUT2D eigenvalue weighted by molar-refractivity contribution is 6.16. The third kappa shape index (κ3) is 3.92. The number of imide groups is 1. The fourth-order valence-electron chi connectivity index (χ4n) is 7.93. The minimum Gasteiger partial charge on any atom is -0.504 e. The molecule has 6 rings (SSSR count). The summed E-state index contributed by atoms with van der Waals surface area (Å²) in [6.07, 6.45) is 2.78. The number of carbonyl (C=O) groups is 4. The minimum atomic E-state index is -1.08. The van der Waals surface area contributed by atoms with Gasteiger partial charge in [-0.25, -0.2) is 0 Å². The van der Waals surface area contributed by atoms with Crippen LogP contribution < -0.4 is 4.74 Å². The van der Waals surface area contributed by atoms with E-state index in [1.54, 1.807) is 32.0 Å². The largest absolute Gasteiger partial charge is 0.504 e. The van der Waals surface area contributed by atoms with Gasteiger partial charge in [0.2, 0.25) is 11.8 Å². The van der Waals surface area contributed by atoms with Crippen molar-refractivity contribution in [3.05, 3.63) is 82.5 Å². The average molecular weight is 554 g/mol. The first-order valence-corrected chi connectivity index (χ1v) is 14.4. The van der Waals surface area contributed by atoms with E-state index in [9.17, 15) is 24.3 Å². The maximum absolute atomic E-state index is 14.1. The van der Waals surface area contributed by atoms with Gasteiger partial charge in [-0.1, -0.05) is 55.0 Å². The summed E-state index contributed by atoms with van der Waals surface area (Å²) in [5.74, 6) is -2.82. The van der Waals surface area contributed by atoms with Gasteiger partial charge in [-0.05, 0) is 73.9 Å². The summed E-state index contributed by atoms with van der Waals surface area (Å²) in [6.45, 7) is 7.69. The molecule has 0 bridgehead atoms. The number of likely N-dealkylation sites (tertiary alicyclic amines) is 1. The predicted molar refractivity (Wildman–Crippen MR) is 152 cm³/mol. The van der Waals surface area contributed by atoms with E-state index in [4.69, 9.17) is 4.74 Å². The number of amides is 2. The molecule has 6 atom stereocenters.